The zero-order valence-electron chi connectivity index (χ0n) is 12.7. The van der Waals surface area contributed by atoms with Gasteiger partial charge in [0.05, 0.1) is 12.8 Å². The molecule has 2 N–H and O–H groups in total. The summed E-state index contributed by atoms with van der Waals surface area (Å²) in [5.41, 5.74) is 3.33. The maximum Gasteiger partial charge on any atom is 0.270 e. The van der Waals surface area contributed by atoms with E-state index in [1.54, 1.807) is 24.6 Å². The Morgan fingerprint density at radius 3 is 2.70 bits per heavy atom. The average Bonchev–Trinajstić information content (AvgIpc) is 3.08. The summed E-state index contributed by atoms with van der Waals surface area (Å²) in [6.07, 6.45) is 3.18. The van der Waals surface area contributed by atoms with Crippen molar-refractivity contribution in [1.82, 2.24) is 10.3 Å². The van der Waals surface area contributed by atoms with E-state index in [0.717, 1.165) is 11.4 Å². The van der Waals surface area contributed by atoms with Gasteiger partial charge in [0.15, 0.2) is 0 Å². The summed E-state index contributed by atoms with van der Waals surface area (Å²) < 4.78 is 5.18. The Morgan fingerprint density at radius 1 is 1.13 bits per heavy atom. The molecule has 0 aliphatic heterocycles. The molecule has 0 saturated heterocycles. The van der Waals surface area contributed by atoms with Crippen molar-refractivity contribution < 1.29 is 9.21 Å². The van der Waals surface area contributed by atoms with Crippen molar-refractivity contribution in [2.24, 2.45) is 0 Å². The lowest BCUT2D eigenvalue weighted by molar-refractivity contribution is 0.0943. The van der Waals surface area contributed by atoms with Crippen molar-refractivity contribution in [3.05, 3.63) is 78.0 Å². The number of hydrogen-bond acceptors (Lipinski definition) is 4. The van der Waals surface area contributed by atoms with Crippen molar-refractivity contribution in [2.75, 3.05) is 5.32 Å². The predicted octanol–water partition coefficient (Wildman–Crippen LogP) is 3.66. The molecule has 0 radical (unpaired) electrons. The molecule has 0 fully saturated rings. The molecule has 0 atom stereocenters. The van der Waals surface area contributed by atoms with Crippen LogP contribution in [0.3, 0.4) is 0 Å². The molecule has 116 valence electrons. The lowest BCUT2D eigenvalue weighted by Gasteiger charge is -2.08. The van der Waals surface area contributed by atoms with E-state index in [0.29, 0.717) is 18.0 Å². The Kier molecular flexibility index (Phi) is 4.38. The van der Waals surface area contributed by atoms with Gasteiger partial charge < -0.3 is 15.1 Å². The standard InChI is InChI=1S/C18H17N3O2/c1-13-4-6-14(7-5-13)21-15-8-9-19-17(11-15)18(22)20-12-16-3-2-10-23-16/h2-11H,12H2,1H3,(H,19,21)(H,20,22). The lowest BCUT2D eigenvalue weighted by atomic mass is 10.2. The van der Waals surface area contributed by atoms with E-state index in [-0.39, 0.29) is 5.91 Å². The lowest BCUT2D eigenvalue weighted by Crippen LogP contribution is -2.23. The molecule has 0 aliphatic rings. The highest BCUT2D eigenvalue weighted by Gasteiger charge is 2.08. The Balaban J connectivity index is 1.66. The quantitative estimate of drug-likeness (QED) is 0.755. The third-order valence-electron chi connectivity index (χ3n) is 3.34. The molecule has 0 saturated carbocycles. The summed E-state index contributed by atoms with van der Waals surface area (Å²) in [5.74, 6) is 0.459. The second-order valence-electron chi connectivity index (χ2n) is 5.18. The van der Waals surface area contributed by atoms with Crippen LogP contribution in [0.25, 0.3) is 0 Å². The predicted molar refractivity (Wildman–Crippen MR) is 88.6 cm³/mol. The first-order valence-electron chi connectivity index (χ1n) is 7.31. The number of benzene rings is 1. The molecule has 1 aromatic carbocycles. The van der Waals surface area contributed by atoms with Gasteiger partial charge in [0, 0.05) is 17.6 Å². The van der Waals surface area contributed by atoms with Gasteiger partial charge in [-0.3, -0.25) is 9.78 Å². The molecule has 23 heavy (non-hydrogen) atoms. The van der Waals surface area contributed by atoms with Crippen LogP contribution in [0.2, 0.25) is 0 Å². The van der Waals surface area contributed by atoms with E-state index < -0.39 is 0 Å². The summed E-state index contributed by atoms with van der Waals surface area (Å²) >= 11 is 0. The molecule has 5 nitrogen and oxygen atoms in total. The number of nitrogens with zero attached hydrogens (tertiary/aromatic N) is 1. The number of anilines is 2. The minimum absolute atomic E-state index is 0.242. The van der Waals surface area contributed by atoms with Gasteiger partial charge in [-0.25, -0.2) is 0 Å². The highest BCUT2D eigenvalue weighted by Crippen LogP contribution is 2.17. The number of pyridine rings is 1. The molecule has 5 heteroatoms. The number of aromatic nitrogens is 1. The Hall–Kier alpha value is -3.08. The summed E-state index contributed by atoms with van der Waals surface area (Å²) in [5, 5.41) is 6.03. The Morgan fingerprint density at radius 2 is 1.96 bits per heavy atom. The maximum atomic E-state index is 12.1. The van der Waals surface area contributed by atoms with Crippen molar-refractivity contribution in [2.45, 2.75) is 13.5 Å². The molecule has 0 unspecified atom stereocenters. The van der Waals surface area contributed by atoms with Gasteiger partial charge in [-0.15, -0.1) is 0 Å². The third kappa shape index (κ3) is 3.97. The highest BCUT2D eigenvalue weighted by molar-refractivity contribution is 5.93. The highest BCUT2D eigenvalue weighted by atomic mass is 16.3. The average molecular weight is 307 g/mol. The Labute approximate surface area is 134 Å². The molecule has 0 aliphatic carbocycles. The van der Waals surface area contributed by atoms with Crippen LogP contribution >= 0.6 is 0 Å². The number of carbonyl (C=O) groups is 1. The zero-order chi connectivity index (χ0) is 16.1. The molecule has 2 aromatic heterocycles. The molecular formula is C18H17N3O2. The fourth-order valence-electron chi connectivity index (χ4n) is 2.11. The fraction of sp³-hybridized carbons (Fsp3) is 0.111. The van der Waals surface area contributed by atoms with E-state index in [4.69, 9.17) is 4.42 Å². The molecule has 0 spiro atoms. The minimum Gasteiger partial charge on any atom is -0.467 e. The second-order valence-corrected chi connectivity index (χ2v) is 5.18. The van der Waals surface area contributed by atoms with Gasteiger partial charge in [0.25, 0.3) is 5.91 Å². The van der Waals surface area contributed by atoms with Gasteiger partial charge in [-0.05, 0) is 43.3 Å². The SMILES string of the molecule is Cc1ccc(Nc2ccnc(C(=O)NCc3ccco3)c2)cc1. The van der Waals surface area contributed by atoms with Crippen molar-refractivity contribution in [3.63, 3.8) is 0 Å². The monoisotopic (exact) mass is 307 g/mol. The Bertz CT molecular complexity index is 780. The number of nitrogens with one attached hydrogen (secondary N) is 2. The first-order chi connectivity index (χ1) is 11.2. The third-order valence-corrected chi connectivity index (χ3v) is 3.34. The molecular weight excluding hydrogens is 290 g/mol. The van der Waals surface area contributed by atoms with Crippen LogP contribution in [0, 0.1) is 6.92 Å². The van der Waals surface area contributed by atoms with Crippen LogP contribution in [0.15, 0.2) is 65.4 Å². The number of rotatable bonds is 5. The number of aryl methyl sites for hydroxylation is 1. The minimum atomic E-state index is -0.242. The van der Waals surface area contributed by atoms with Crippen LogP contribution in [-0.4, -0.2) is 10.9 Å². The molecule has 1 amide bonds. The largest absolute Gasteiger partial charge is 0.467 e. The maximum absolute atomic E-state index is 12.1. The van der Waals surface area contributed by atoms with Gasteiger partial charge in [0.2, 0.25) is 0 Å². The zero-order valence-corrected chi connectivity index (χ0v) is 12.7. The van der Waals surface area contributed by atoms with Crippen molar-refractivity contribution in [1.29, 1.82) is 0 Å². The number of amides is 1. The smallest absolute Gasteiger partial charge is 0.270 e. The topological polar surface area (TPSA) is 67.2 Å². The van der Waals surface area contributed by atoms with E-state index in [1.165, 1.54) is 5.56 Å². The second kappa shape index (κ2) is 6.79. The van der Waals surface area contributed by atoms with Crippen LogP contribution in [0.4, 0.5) is 11.4 Å². The first kappa shape index (κ1) is 14.8. The van der Waals surface area contributed by atoms with E-state index >= 15 is 0 Å². The van der Waals surface area contributed by atoms with Gasteiger partial charge in [0.1, 0.15) is 11.5 Å². The van der Waals surface area contributed by atoms with E-state index in [1.807, 2.05) is 43.3 Å². The van der Waals surface area contributed by atoms with Gasteiger partial charge >= 0.3 is 0 Å². The van der Waals surface area contributed by atoms with E-state index in [2.05, 4.69) is 15.6 Å². The number of furan rings is 1. The summed E-state index contributed by atoms with van der Waals surface area (Å²) in [7, 11) is 0. The molecule has 2 heterocycles. The summed E-state index contributed by atoms with van der Waals surface area (Å²) in [4.78, 5) is 16.3. The number of hydrogen-bond donors (Lipinski definition) is 2. The van der Waals surface area contributed by atoms with E-state index in [9.17, 15) is 4.79 Å². The van der Waals surface area contributed by atoms with Crippen LogP contribution in [0.5, 0.6) is 0 Å². The molecule has 3 rings (SSSR count). The van der Waals surface area contributed by atoms with Crippen LogP contribution in [-0.2, 0) is 6.54 Å². The fourth-order valence-corrected chi connectivity index (χ4v) is 2.11. The van der Waals surface area contributed by atoms with Crippen molar-refractivity contribution in [3.8, 4) is 0 Å². The summed E-state index contributed by atoms with van der Waals surface area (Å²) in [6.45, 7) is 2.38. The molecule has 0 bridgehead atoms. The normalized spacial score (nSPS) is 10.3. The van der Waals surface area contributed by atoms with Crippen LogP contribution < -0.4 is 10.6 Å². The first-order valence-corrected chi connectivity index (χ1v) is 7.31. The van der Waals surface area contributed by atoms with Crippen molar-refractivity contribution >= 4 is 17.3 Å². The van der Waals surface area contributed by atoms with Gasteiger partial charge in [-0.2, -0.15) is 0 Å². The molecule has 3 aromatic rings. The van der Waals surface area contributed by atoms with Gasteiger partial charge in [-0.1, -0.05) is 17.7 Å². The number of carbonyl (C=O) groups excluding carboxylic acids is 1. The summed E-state index contributed by atoms with van der Waals surface area (Å²) in [6, 6.07) is 15.2. The van der Waals surface area contributed by atoms with Crippen LogP contribution in [0.1, 0.15) is 21.8 Å².